The number of rotatable bonds is 3. The van der Waals surface area contributed by atoms with Gasteiger partial charge in [-0.3, -0.25) is 9.36 Å². The van der Waals surface area contributed by atoms with Gasteiger partial charge in [-0.1, -0.05) is 29.8 Å². The SMILES string of the molecule is Cc1ccc(-c2csc3nc(C)n(C(C)C(=O)O)c(=O)c23)cc1. The highest BCUT2D eigenvalue weighted by Crippen LogP contribution is 2.31. The van der Waals surface area contributed by atoms with Crippen LogP contribution in [0.5, 0.6) is 0 Å². The molecule has 0 spiro atoms. The van der Waals surface area contributed by atoms with Crippen LogP contribution in [0, 0.1) is 13.8 Å². The molecule has 1 atom stereocenters. The molecule has 0 aliphatic carbocycles. The molecule has 0 amide bonds. The molecular weight excluding hydrogens is 312 g/mol. The fourth-order valence-corrected chi connectivity index (χ4v) is 3.60. The van der Waals surface area contributed by atoms with E-state index in [1.165, 1.54) is 22.8 Å². The van der Waals surface area contributed by atoms with E-state index in [4.69, 9.17) is 0 Å². The lowest BCUT2D eigenvalue weighted by molar-refractivity contribution is -0.140. The first kappa shape index (κ1) is 15.4. The molecule has 0 radical (unpaired) electrons. The normalized spacial score (nSPS) is 12.5. The summed E-state index contributed by atoms with van der Waals surface area (Å²) in [7, 11) is 0. The molecule has 118 valence electrons. The van der Waals surface area contributed by atoms with Crippen molar-refractivity contribution in [2.24, 2.45) is 0 Å². The molecule has 0 bridgehead atoms. The molecule has 2 heterocycles. The number of hydrogen-bond acceptors (Lipinski definition) is 4. The zero-order valence-electron chi connectivity index (χ0n) is 13.0. The second kappa shape index (κ2) is 5.62. The van der Waals surface area contributed by atoms with Gasteiger partial charge in [-0.15, -0.1) is 11.3 Å². The van der Waals surface area contributed by atoms with E-state index < -0.39 is 12.0 Å². The van der Waals surface area contributed by atoms with Crippen LogP contribution in [0.2, 0.25) is 0 Å². The number of carbonyl (C=O) groups is 1. The number of benzene rings is 1. The van der Waals surface area contributed by atoms with Crippen molar-refractivity contribution < 1.29 is 9.90 Å². The largest absolute Gasteiger partial charge is 0.480 e. The van der Waals surface area contributed by atoms with Crippen molar-refractivity contribution in [2.45, 2.75) is 26.8 Å². The van der Waals surface area contributed by atoms with Crippen LogP contribution < -0.4 is 5.56 Å². The standard InChI is InChI=1S/C17H16N2O3S/c1-9-4-6-12(7-5-9)13-8-23-15-14(13)16(20)19(11(3)18-15)10(2)17(21)22/h4-8,10H,1-3H3,(H,21,22). The number of hydrogen-bond donors (Lipinski definition) is 1. The summed E-state index contributed by atoms with van der Waals surface area (Å²) in [5, 5.41) is 11.6. The number of nitrogens with zero attached hydrogens (tertiary/aromatic N) is 2. The van der Waals surface area contributed by atoms with Crippen molar-refractivity contribution in [3.05, 3.63) is 51.4 Å². The molecule has 5 nitrogen and oxygen atoms in total. The van der Waals surface area contributed by atoms with Crippen LogP contribution >= 0.6 is 11.3 Å². The van der Waals surface area contributed by atoms with Crippen molar-refractivity contribution in [1.29, 1.82) is 0 Å². The zero-order chi connectivity index (χ0) is 16.7. The second-order valence-corrected chi connectivity index (χ2v) is 6.40. The Morgan fingerprint density at radius 1 is 1.26 bits per heavy atom. The molecule has 3 aromatic rings. The van der Waals surface area contributed by atoms with Gasteiger partial charge >= 0.3 is 5.97 Å². The fraction of sp³-hybridized carbons (Fsp3) is 0.235. The van der Waals surface area contributed by atoms with E-state index in [9.17, 15) is 14.7 Å². The average Bonchev–Trinajstić information content (AvgIpc) is 2.91. The molecule has 0 aliphatic heterocycles. The van der Waals surface area contributed by atoms with Crippen LogP contribution in [-0.2, 0) is 4.79 Å². The van der Waals surface area contributed by atoms with E-state index in [0.717, 1.165) is 16.7 Å². The van der Waals surface area contributed by atoms with Gasteiger partial charge in [0.15, 0.2) is 0 Å². The maximum absolute atomic E-state index is 12.9. The summed E-state index contributed by atoms with van der Waals surface area (Å²) in [5.41, 5.74) is 2.56. The Kier molecular flexibility index (Phi) is 3.77. The Labute approximate surface area is 136 Å². The molecule has 23 heavy (non-hydrogen) atoms. The van der Waals surface area contributed by atoms with E-state index in [0.29, 0.717) is 16.0 Å². The number of aliphatic carboxylic acids is 1. The molecule has 0 fully saturated rings. The molecular formula is C17H16N2O3S. The maximum Gasteiger partial charge on any atom is 0.326 e. The Morgan fingerprint density at radius 2 is 1.91 bits per heavy atom. The number of aryl methyl sites for hydroxylation is 2. The average molecular weight is 328 g/mol. The molecule has 0 saturated carbocycles. The molecule has 6 heteroatoms. The van der Waals surface area contributed by atoms with Crippen LogP contribution in [0.25, 0.3) is 21.3 Å². The summed E-state index contributed by atoms with van der Waals surface area (Å²) >= 11 is 1.40. The third-order valence-electron chi connectivity index (χ3n) is 3.92. The predicted molar refractivity (Wildman–Crippen MR) is 91.1 cm³/mol. The van der Waals surface area contributed by atoms with Gasteiger partial charge in [-0.25, -0.2) is 9.78 Å². The van der Waals surface area contributed by atoms with Crippen molar-refractivity contribution in [3.8, 4) is 11.1 Å². The summed E-state index contributed by atoms with van der Waals surface area (Å²) in [5.74, 6) is -0.641. The first-order valence-electron chi connectivity index (χ1n) is 7.20. The van der Waals surface area contributed by atoms with Gasteiger partial charge in [-0.05, 0) is 26.3 Å². The van der Waals surface area contributed by atoms with E-state index in [-0.39, 0.29) is 5.56 Å². The van der Waals surface area contributed by atoms with Crippen molar-refractivity contribution >= 4 is 27.5 Å². The summed E-state index contributed by atoms with van der Waals surface area (Å²) in [6, 6.07) is 6.94. The first-order chi connectivity index (χ1) is 10.9. The topological polar surface area (TPSA) is 72.2 Å². The lowest BCUT2D eigenvalue weighted by Crippen LogP contribution is -2.30. The number of carboxylic acids is 1. The Morgan fingerprint density at radius 3 is 2.52 bits per heavy atom. The molecule has 2 aromatic heterocycles. The minimum absolute atomic E-state index is 0.306. The van der Waals surface area contributed by atoms with Crippen molar-refractivity contribution in [2.75, 3.05) is 0 Å². The number of fused-ring (bicyclic) bond motifs is 1. The van der Waals surface area contributed by atoms with E-state index in [1.54, 1.807) is 6.92 Å². The molecule has 0 aliphatic rings. The minimum Gasteiger partial charge on any atom is -0.480 e. The summed E-state index contributed by atoms with van der Waals surface area (Å²) in [4.78, 5) is 29.2. The smallest absolute Gasteiger partial charge is 0.326 e. The van der Waals surface area contributed by atoms with Crippen molar-refractivity contribution in [1.82, 2.24) is 9.55 Å². The van der Waals surface area contributed by atoms with Crippen LogP contribution in [0.4, 0.5) is 0 Å². The van der Waals surface area contributed by atoms with Gasteiger partial charge in [-0.2, -0.15) is 0 Å². The van der Waals surface area contributed by atoms with Crippen LogP contribution in [0.3, 0.4) is 0 Å². The van der Waals surface area contributed by atoms with Gasteiger partial charge < -0.3 is 5.11 Å². The lowest BCUT2D eigenvalue weighted by Gasteiger charge is -2.13. The van der Waals surface area contributed by atoms with Gasteiger partial charge in [0.1, 0.15) is 16.7 Å². The van der Waals surface area contributed by atoms with E-state index >= 15 is 0 Å². The third kappa shape index (κ3) is 2.55. The molecule has 1 N–H and O–H groups in total. The van der Waals surface area contributed by atoms with Gasteiger partial charge in [0.2, 0.25) is 0 Å². The van der Waals surface area contributed by atoms with Crippen LogP contribution in [0.15, 0.2) is 34.4 Å². The van der Waals surface area contributed by atoms with E-state index in [1.807, 2.05) is 36.6 Å². The fourth-order valence-electron chi connectivity index (χ4n) is 2.62. The van der Waals surface area contributed by atoms with Gasteiger partial charge in [0.25, 0.3) is 5.56 Å². The molecule has 1 aromatic carbocycles. The minimum atomic E-state index is -1.05. The number of aromatic nitrogens is 2. The first-order valence-corrected chi connectivity index (χ1v) is 8.08. The summed E-state index contributed by atoms with van der Waals surface area (Å²) in [6.45, 7) is 5.15. The molecule has 1 unspecified atom stereocenters. The Bertz CT molecular complexity index is 954. The highest BCUT2D eigenvalue weighted by molar-refractivity contribution is 7.17. The van der Waals surface area contributed by atoms with Crippen molar-refractivity contribution in [3.63, 3.8) is 0 Å². The predicted octanol–water partition coefficient (Wildman–Crippen LogP) is 3.39. The lowest BCUT2D eigenvalue weighted by atomic mass is 10.0. The molecule has 0 saturated heterocycles. The molecule has 3 rings (SSSR count). The quantitative estimate of drug-likeness (QED) is 0.800. The number of thiophene rings is 1. The Balaban J connectivity index is 2.31. The second-order valence-electron chi connectivity index (χ2n) is 5.54. The summed E-state index contributed by atoms with van der Waals surface area (Å²) in [6.07, 6.45) is 0. The highest BCUT2D eigenvalue weighted by atomic mass is 32.1. The van der Waals surface area contributed by atoms with E-state index in [2.05, 4.69) is 4.98 Å². The number of carboxylic acid groups (broad SMARTS) is 1. The van der Waals surface area contributed by atoms with Gasteiger partial charge in [0, 0.05) is 10.9 Å². The van der Waals surface area contributed by atoms with Gasteiger partial charge in [0.05, 0.1) is 5.39 Å². The Hall–Kier alpha value is -2.47. The third-order valence-corrected chi connectivity index (χ3v) is 4.80. The summed E-state index contributed by atoms with van der Waals surface area (Å²) < 4.78 is 1.25. The highest BCUT2D eigenvalue weighted by Gasteiger charge is 2.21. The maximum atomic E-state index is 12.9. The van der Waals surface area contributed by atoms with Crippen LogP contribution in [-0.4, -0.2) is 20.6 Å². The monoisotopic (exact) mass is 328 g/mol. The van der Waals surface area contributed by atoms with Crippen LogP contribution in [0.1, 0.15) is 24.4 Å². The zero-order valence-corrected chi connectivity index (χ0v) is 13.8.